The number of halogens is 3. The topological polar surface area (TPSA) is 107 Å². The highest BCUT2D eigenvalue weighted by atomic mass is 19.4. The van der Waals surface area contributed by atoms with Crippen LogP contribution in [0.3, 0.4) is 0 Å². The van der Waals surface area contributed by atoms with Crippen molar-refractivity contribution in [3.8, 4) is 0 Å². The molecule has 1 aliphatic rings. The minimum atomic E-state index is -4.49. The third-order valence-corrected chi connectivity index (χ3v) is 5.43. The van der Waals surface area contributed by atoms with Crippen molar-refractivity contribution in [2.45, 2.75) is 25.1 Å². The van der Waals surface area contributed by atoms with Crippen LogP contribution in [0.15, 0.2) is 61.2 Å². The second-order valence-electron chi connectivity index (χ2n) is 7.65. The standard InChI is InChI=1S/C22H23F3N8O/c1-33-19(31-32-20(33)17-7-8-26-13-30-17)12-28-18-10-14(6-9-27-18)21(34)29-11-15-4-2-3-5-16(15)22(23,24)25/h2-10,13,19-20,31-32H,11-12H2,1H3,(H,27,28)(H,29,34). The third-order valence-electron chi connectivity index (χ3n) is 5.43. The molecule has 0 aliphatic carbocycles. The van der Waals surface area contributed by atoms with E-state index in [9.17, 15) is 18.0 Å². The van der Waals surface area contributed by atoms with Gasteiger partial charge in [-0.2, -0.15) is 13.2 Å². The number of benzene rings is 1. The molecule has 34 heavy (non-hydrogen) atoms. The number of alkyl halides is 3. The van der Waals surface area contributed by atoms with Gasteiger partial charge in [0.15, 0.2) is 0 Å². The maximum Gasteiger partial charge on any atom is 0.416 e. The van der Waals surface area contributed by atoms with Crippen molar-refractivity contribution < 1.29 is 18.0 Å². The quantitative estimate of drug-likeness (QED) is 0.415. The van der Waals surface area contributed by atoms with Gasteiger partial charge >= 0.3 is 6.18 Å². The summed E-state index contributed by atoms with van der Waals surface area (Å²) in [4.78, 5) is 27.0. The highest BCUT2D eigenvalue weighted by molar-refractivity contribution is 5.94. The number of rotatable bonds is 7. The number of hydrogen-bond donors (Lipinski definition) is 4. The molecule has 0 radical (unpaired) electrons. The lowest BCUT2D eigenvalue weighted by Gasteiger charge is -2.23. The normalized spacial score (nSPS) is 18.6. The Balaban J connectivity index is 1.34. The van der Waals surface area contributed by atoms with E-state index in [1.165, 1.54) is 36.8 Å². The summed E-state index contributed by atoms with van der Waals surface area (Å²) >= 11 is 0. The first-order valence-electron chi connectivity index (χ1n) is 10.4. The molecule has 0 saturated carbocycles. The van der Waals surface area contributed by atoms with Gasteiger partial charge in [0.2, 0.25) is 0 Å². The SMILES string of the molecule is CN1C(CNc2cc(C(=O)NCc3ccccc3C(F)(F)F)ccn2)NNC1c1ccncn1. The smallest absolute Gasteiger partial charge is 0.367 e. The van der Waals surface area contributed by atoms with Crippen molar-refractivity contribution in [2.75, 3.05) is 18.9 Å². The number of hydrazine groups is 1. The van der Waals surface area contributed by atoms with Gasteiger partial charge < -0.3 is 10.6 Å². The summed E-state index contributed by atoms with van der Waals surface area (Å²) in [5, 5.41) is 5.72. The molecule has 0 bridgehead atoms. The molecule has 3 heterocycles. The van der Waals surface area contributed by atoms with Crippen LogP contribution in [0.1, 0.15) is 33.3 Å². The first-order chi connectivity index (χ1) is 16.3. The van der Waals surface area contributed by atoms with Crippen LogP contribution in [0, 0.1) is 0 Å². The average Bonchev–Trinajstić information content (AvgIpc) is 3.21. The van der Waals surface area contributed by atoms with Gasteiger partial charge in [-0.1, -0.05) is 18.2 Å². The van der Waals surface area contributed by atoms with E-state index in [2.05, 4.69) is 36.4 Å². The Kier molecular flexibility index (Phi) is 7.01. The predicted octanol–water partition coefficient (Wildman–Crippen LogP) is 2.30. The fourth-order valence-electron chi connectivity index (χ4n) is 3.60. The Morgan fingerprint density at radius 1 is 1.12 bits per heavy atom. The molecule has 2 atom stereocenters. The van der Waals surface area contributed by atoms with Crippen molar-refractivity contribution in [2.24, 2.45) is 0 Å². The number of likely N-dealkylation sites (N-methyl/N-ethyl adjacent to an activating group) is 1. The maximum absolute atomic E-state index is 13.2. The number of hydrogen-bond acceptors (Lipinski definition) is 8. The highest BCUT2D eigenvalue weighted by Gasteiger charge is 2.33. The van der Waals surface area contributed by atoms with Gasteiger partial charge in [0.1, 0.15) is 18.3 Å². The Morgan fingerprint density at radius 3 is 2.71 bits per heavy atom. The molecule has 1 fully saturated rings. The Bertz CT molecular complexity index is 1130. The summed E-state index contributed by atoms with van der Waals surface area (Å²) in [6.07, 6.45) is -0.103. The molecule has 4 N–H and O–H groups in total. The van der Waals surface area contributed by atoms with Crippen LogP contribution in [0.2, 0.25) is 0 Å². The number of amides is 1. The van der Waals surface area contributed by atoms with Gasteiger partial charge in [-0.05, 0) is 36.9 Å². The van der Waals surface area contributed by atoms with Crippen LogP contribution in [0.5, 0.6) is 0 Å². The number of nitrogens with one attached hydrogen (secondary N) is 4. The fourth-order valence-corrected chi connectivity index (χ4v) is 3.60. The molecular weight excluding hydrogens is 449 g/mol. The van der Waals surface area contributed by atoms with Gasteiger partial charge in [-0.3, -0.25) is 9.69 Å². The molecule has 9 nitrogen and oxygen atoms in total. The van der Waals surface area contributed by atoms with Crippen LogP contribution in [0.4, 0.5) is 19.0 Å². The van der Waals surface area contributed by atoms with E-state index in [-0.39, 0.29) is 30.0 Å². The minimum absolute atomic E-state index is 0.00293. The van der Waals surface area contributed by atoms with Gasteiger partial charge in [-0.15, -0.1) is 0 Å². The minimum Gasteiger partial charge on any atom is -0.367 e. The monoisotopic (exact) mass is 472 g/mol. The number of carbonyl (C=O) groups excluding carboxylic acids is 1. The summed E-state index contributed by atoms with van der Waals surface area (Å²) in [5.74, 6) is -0.0342. The summed E-state index contributed by atoms with van der Waals surface area (Å²) < 4.78 is 39.5. The third kappa shape index (κ3) is 5.47. The van der Waals surface area contributed by atoms with Crippen LogP contribution >= 0.6 is 0 Å². The predicted molar refractivity (Wildman–Crippen MR) is 118 cm³/mol. The molecule has 12 heteroatoms. The second kappa shape index (κ2) is 10.1. The summed E-state index contributed by atoms with van der Waals surface area (Å²) in [6, 6.07) is 10.0. The van der Waals surface area contributed by atoms with E-state index in [1.54, 1.807) is 12.3 Å². The van der Waals surface area contributed by atoms with E-state index >= 15 is 0 Å². The van der Waals surface area contributed by atoms with Gasteiger partial charge in [0.25, 0.3) is 5.91 Å². The van der Waals surface area contributed by atoms with Crippen LogP contribution < -0.4 is 21.5 Å². The van der Waals surface area contributed by atoms with Crippen LogP contribution in [-0.4, -0.2) is 45.5 Å². The molecule has 3 aromatic rings. The summed E-state index contributed by atoms with van der Waals surface area (Å²) in [5.41, 5.74) is 6.67. The molecule has 1 aromatic carbocycles. The lowest BCUT2D eigenvalue weighted by molar-refractivity contribution is -0.138. The molecule has 178 valence electrons. The molecule has 1 amide bonds. The van der Waals surface area contributed by atoms with Crippen molar-refractivity contribution >= 4 is 11.7 Å². The molecule has 2 aromatic heterocycles. The van der Waals surface area contributed by atoms with Gasteiger partial charge in [-0.25, -0.2) is 25.8 Å². The van der Waals surface area contributed by atoms with E-state index in [0.29, 0.717) is 12.4 Å². The number of aromatic nitrogens is 3. The lowest BCUT2D eigenvalue weighted by atomic mass is 10.1. The molecule has 1 aliphatic heterocycles. The van der Waals surface area contributed by atoms with E-state index in [0.717, 1.165) is 11.8 Å². The zero-order chi connectivity index (χ0) is 24.1. The number of nitrogens with zero attached hydrogens (tertiary/aromatic N) is 4. The van der Waals surface area contributed by atoms with E-state index in [1.807, 2.05) is 18.0 Å². The number of anilines is 1. The van der Waals surface area contributed by atoms with Crippen molar-refractivity contribution in [1.82, 2.24) is 36.0 Å². The maximum atomic E-state index is 13.2. The summed E-state index contributed by atoms with van der Waals surface area (Å²) in [7, 11) is 1.93. The zero-order valence-electron chi connectivity index (χ0n) is 18.2. The fraction of sp³-hybridized carbons (Fsp3) is 0.273. The zero-order valence-corrected chi connectivity index (χ0v) is 18.2. The average molecular weight is 472 g/mol. The van der Waals surface area contributed by atoms with Crippen molar-refractivity contribution in [1.29, 1.82) is 0 Å². The largest absolute Gasteiger partial charge is 0.416 e. The Hall–Kier alpha value is -3.61. The molecular formula is C22H23F3N8O. The Morgan fingerprint density at radius 2 is 1.94 bits per heavy atom. The van der Waals surface area contributed by atoms with Crippen molar-refractivity contribution in [3.63, 3.8) is 0 Å². The number of carbonyl (C=O) groups is 1. The summed E-state index contributed by atoms with van der Waals surface area (Å²) in [6.45, 7) is 0.217. The lowest BCUT2D eigenvalue weighted by Crippen LogP contribution is -2.40. The van der Waals surface area contributed by atoms with Gasteiger partial charge in [0.05, 0.1) is 17.4 Å². The van der Waals surface area contributed by atoms with E-state index < -0.39 is 17.6 Å². The number of pyridine rings is 1. The van der Waals surface area contributed by atoms with Gasteiger partial charge in [0, 0.05) is 31.0 Å². The highest BCUT2D eigenvalue weighted by Crippen LogP contribution is 2.31. The Labute approximate surface area is 193 Å². The van der Waals surface area contributed by atoms with Crippen LogP contribution in [0.25, 0.3) is 0 Å². The van der Waals surface area contributed by atoms with E-state index in [4.69, 9.17) is 0 Å². The van der Waals surface area contributed by atoms with Crippen molar-refractivity contribution in [3.05, 3.63) is 83.6 Å². The molecule has 0 spiro atoms. The first-order valence-corrected chi connectivity index (χ1v) is 10.4. The van der Waals surface area contributed by atoms with Crippen LogP contribution in [-0.2, 0) is 12.7 Å². The first kappa shape index (κ1) is 23.5. The second-order valence-corrected chi connectivity index (χ2v) is 7.65. The molecule has 1 saturated heterocycles. The molecule has 4 rings (SSSR count). The molecule has 2 unspecified atom stereocenters.